The maximum Gasteiger partial charge on any atom is 0.329 e. The molecule has 1 fully saturated rings. The molecule has 0 aliphatic carbocycles. The van der Waals surface area contributed by atoms with Gasteiger partial charge in [-0.05, 0) is 7.05 Å². The van der Waals surface area contributed by atoms with Crippen LogP contribution in [0, 0.1) is 4.91 Å². The van der Waals surface area contributed by atoms with E-state index in [9.17, 15) is 9.70 Å². The molecule has 1 atom stereocenters. The van der Waals surface area contributed by atoms with Gasteiger partial charge in [-0.25, -0.2) is 9.80 Å². The molecule has 0 bridgehead atoms. The van der Waals surface area contributed by atoms with Crippen LogP contribution in [0.25, 0.3) is 0 Å². The molecule has 0 radical (unpaired) electrons. The van der Waals surface area contributed by atoms with Crippen LogP contribution in [0.5, 0.6) is 0 Å². The van der Waals surface area contributed by atoms with Gasteiger partial charge >= 0.3 is 5.97 Å². The van der Waals surface area contributed by atoms with Crippen LogP contribution in [-0.2, 0) is 4.79 Å². The second-order valence-corrected chi connectivity index (χ2v) is 2.86. The summed E-state index contributed by atoms with van der Waals surface area (Å²) in [5.41, 5.74) is 0. The average Bonchev–Trinajstić information content (AvgIpc) is 2.04. The van der Waals surface area contributed by atoms with E-state index < -0.39 is 12.0 Å². The molecule has 1 saturated heterocycles. The number of carboxylic acid groups (broad SMARTS) is 1. The summed E-state index contributed by atoms with van der Waals surface area (Å²) in [6, 6.07) is -0.791. The molecule has 0 aromatic rings. The zero-order chi connectivity index (χ0) is 9.14. The second-order valence-electron chi connectivity index (χ2n) is 2.86. The Bertz CT molecular complexity index is 196. The van der Waals surface area contributed by atoms with Crippen molar-refractivity contribution in [1.29, 1.82) is 0 Å². The van der Waals surface area contributed by atoms with Gasteiger partial charge in [-0.3, -0.25) is 0 Å². The molecule has 0 amide bonds. The lowest BCUT2D eigenvalue weighted by Gasteiger charge is -2.33. The van der Waals surface area contributed by atoms with Crippen molar-refractivity contribution in [2.24, 2.45) is 5.29 Å². The summed E-state index contributed by atoms with van der Waals surface area (Å²) in [6.07, 6.45) is 0. The van der Waals surface area contributed by atoms with Crippen molar-refractivity contribution in [1.82, 2.24) is 9.91 Å². The molecular formula is C6H11N3O3. The number of rotatable bonds is 2. The first-order chi connectivity index (χ1) is 5.65. The molecule has 0 aromatic heterocycles. The highest BCUT2D eigenvalue weighted by molar-refractivity contribution is 5.73. The molecule has 0 saturated carbocycles. The molecule has 1 heterocycles. The molecule has 1 N–H and O–H groups in total. The molecule has 12 heavy (non-hydrogen) atoms. The summed E-state index contributed by atoms with van der Waals surface area (Å²) in [4.78, 5) is 22.6. The van der Waals surface area contributed by atoms with Crippen molar-refractivity contribution in [3.63, 3.8) is 0 Å². The molecule has 1 aliphatic heterocycles. The van der Waals surface area contributed by atoms with Crippen molar-refractivity contribution in [2.75, 3.05) is 26.7 Å². The van der Waals surface area contributed by atoms with Crippen LogP contribution >= 0.6 is 0 Å². The van der Waals surface area contributed by atoms with E-state index in [1.165, 1.54) is 0 Å². The predicted octanol–water partition coefficient (Wildman–Crippen LogP) is -0.632. The predicted molar refractivity (Wildman–Crippen MR) is 41.4 cm³/mol. The molecular weight excluding hydrogens is 162 g/mol. The highest BCUT2D eigenvalue weighted by Crippen LogP contribution is 2.08. The van der Waals surface area contributed by atoms with E-state index in [0.717, 1.165) is 5.01 Å². The van der Waals surface area contributed by atoms with Crippen LogP contribution in [0.1, 0.15) is 0 Å². The first-order valence-corrected chi connectivity index (χ1v) is 3.66. The standard InChI is InChI=1S/C6H11N3O3/c1-8-2-3-9(7-12)5(4-8)6(10)11/h5H,2-4H2,1H3,(H,10,11). The third-order valence-corrected chi connectivity index (χ3v) is 1.95. The number of nitrogens with zero attached hydrogens (tertiary/aromatic N) is 3. The minimum Gasteiger partial charge on any atom is -0.480 e. The number of carboxylic acids is 1. The molecule has 6 nitrogen and oxygen atoms in total. The summed E-state index contributed by atoms with van der Waals surface area (Å²) in [6.45, 7) is 1.41. The van der Waals surface area contributed by atoms with Crippen LogP contribution in [0.3, 0.4) is 0 Å². The van der Waals surface area contributed by atoms with Crippen molar-refractivity contribution in [2.45, 2.75) is 6.04 Å². The van der Waals surface area contributed by atoms with Crippen LogP contribution in [0.4, 0.5) is 0 Å². The maximum atomic E-state index is 10.6. The molecule has 6 heteroatoms. The molecule has 1 unspecified atom stereocenters. The molecule has 1 aliphatic rings. The number of likely N-dealkylation sites (N-methyl/N-ethyl adjacent to an activating group) is 1. The van der Waals surface area contributed by atoms with E-state index in [4.69, 9.17) is 5.11 Å². The number of hydrogen-bond donors (Lipinski definition) is 1. The summed E-state index contributed by atoms with van der Waals surface area (Å²) >= 11 is 0. The van der Waals surface area contributed by atoms with Crippen molar-refractivity contribution in [3.8, 4) is 0 Å². The minimum absolute atomic E-state index is 0.348. The largest absolute Gasteiger partial charge is 0.480 e. The molecule has 0 spiro atoms. The summed E-state index contributed by atoms with van der Waals surface area (Å²) < 4.78 is 0. The van der Waals surface area contributed by atoms with Gasteiger partial charge in [-0.15, -0.1) is 4.91 Å². The SMILES string of the molecule is CN1CCN(N=O)C(C(=O)O)C1. The van der Waals surface area contributed by atoms with E-state index in [1.807, 2.05) is 11.9 Å². The number of piperazine rings is 1. The zero-order valence-electron chi connectivity index (χ0n) is 6.80. The topological polar surface area (TPSA) is 73.2 Å². The fourth-order valence-corrected chi connectivity index (χ4v) is 1.21. The zero-order valence-corrected chi connectivity index (χ0v) is 6.80. The first kappa shape index (κ1) is 8.92. The highest BCUT2D eigenvalue weighted by atomic mass is 16.4. The van der Waals surface area contributed by atoms with Crippen LogP contribution < -0.4 is 0 Å². The van der Waals surface area contributed by atoms with Gasteiger partial charge in [-0.1, -0.05) is 0 Å². The van der Waals surface area contributed by atoms with Gasteiger partial charge in [0.2, 0.25) is 0 Å². The third kappa shape index (κ3) is 1.70. The normalized spacial score (nSPS) is 25.4. The maximum absolute atomic E-state index is 10.6. The van der Waals surface area contributed by atoms with Gasteiger partial charge in [0, 0.05) is 13.1 Å². The molecule has 1 rings (SSSR count). The third-order valence-electron chi connectivity index (χ3n) is 1.95. The van der Waals surface area contributed by atoms with Crippen molar-refractivity contribution in [3.05, 3.63) is 4.91 Å². The fourth-order valence-electron chi connectivity index (χ4n) is 1.21. The van der Waals surface area contributed by atoms with E-state index >= 15 is 0 Å². The smallest absolute Gasteiger partial charge is 0.329 e. The second kappa shape index (κ2) is 3.48. The van der Waals surface area contributed by atoms with E-state index in [2.05, 4.69) is 5.29 Å². The molecule has 68 valence electrons. The Morgan fingerprint density at radius 3 is 2.75 bits per heavy atom. The van der Waals surface area contributed by atoms with Gasteiger partial charge in [0.1, 0.15) is 0 Å². The lowest BCUT2D eigenvalue weighted by molar-refractivity contribution is -0.145. The Labute approximate surface area is 69.7 Å². The fraction of sp³-hybridized carbons (Fsp3) is 0.833. The Morgan fingerprint density at radius 1 is 1.58 bits per heavy atom. The average molecular weight is 173 g/mol. The Hall–Kier alpha value is -1.17. The number of aliphatic carboxylic acids is 1. The van der Waals surface area contributed by atoms with E-state index in [0.29, 0.717) is 19.6 Å². The van der Waals surface area contributed by atoms with Crippen LogP contribution in [0.2, 0.25) is 0 Å². The van der Waals surface area contributed by atoms with Gasteiger partial charge in [-0.2, -0.15) is 0 Å². The number of nitroso groups, excluding NO2 is 1. The Morgan fingerprint density at radius 2 is 2.25 bits per heavy atom. The lowest BCUT2D eigenvalue weighted by atomic mass is 10.2. The Balaban J connectivity index is 2.63. The first-order valence-electron chi connectivity index (χ1n) is 3.66. The van der Waals surface area contributed by atoms with Crippen LogP contribution in [0.15, 0.2) is 5.29 Å². The van der Waals surface area contributed by atoms with E-state index in [-0.39, 0.29) is 0 Å². The van der Waals surface area contributed by atoms with E-state index in [1.54, 1.807) is 0 Å². The summed E-state index contributed by atoms with van der Waals surface area (Å²) in [7, 11) is 1.82. The summed E-state index contributed by atoms with van der Waals surface area (Å²) in [5, 5.41) is 12.4. The van der Waals surface area contributed by atoms with Crippen molar-refractivity contribution >= 4 is 5.97 Å². The minimum atomic E-state index is -0.999. The van der Waals surface area contributed by atoms with Crippen molar-refractivity contribution < 1.29 is 9.90 Å². The van der Waals surface area contributed by atoms with Gasteiger partial charge in [0.25, 0.3) is 0 Å². The van der Waals surface area contributed by atoms with Gasteiger partial charge < -0.3 is 10.0 Å². The number of hydrogen-bond acceptors (Lipinski definition) is 4. The van der Waals surface area contributed by atoms with Crippen LogP contribution in [-0.4, -0.2) is 53.7 Å². The lowest BCUT2D eigenvalue weighted by Crippen LogP contribution is -2.52. The quantitative estimate of drug-likeness (QED) is 0.563. The Kier molecular flexibility index (Phi) is 2.59. The highest BCUT2D eigenvalue weighted by Gasteiger charge is 2.30. The summed E-state index contributed by atoms with van der Waals surface area (Å²) in [5.74, 6) is -0.999. The number of carbonyl (C=O) groups is 1. The van der Waals surface area contributed by atoms with Gasteiger partial charge in [0.05, 0.1) is 11.8 Å². The monoisotopic (exact) mass is 173 g/mol. The molecule has 0 aromatic carbocycles. The van der Waals surface area contributed by atoms with Gasteiger partial charge in [0.15, 0.2) is 6.04 Å².